The molecule has 2 aliphatic rings. The first-order valence-electron chi connectivity index (χ1n) is 9.62. The van der Waals surface area contributed by atoms with Gasteiger partial charge >= 0.3 is 0 Å². The summed E-state index contributed by atoms with van der Waals surface area (Å²) in [6.07, 6.45) is 6.97. The van der Waals surface area contributed by atoms with Crippen LogP contribution in [0.25, 0.3) is 10.9 Å². The Bertz CT molecular complexity index is 811. The SMILES string of the molecule is C[C@@H]1CCC(C(C)(C)C2CCc3ccc4ncccc4c3N2)C(=O)C1. The van der Waals surface area contributed by atoms with Crippen LogP contribution in [-0.2, 0) is 11.2 Å². The molecule has 2 heterocycles. The Hall–Kier alpha value is -1.90. The van der Waals surface area contributed by atoms with Crippen LogP contribution in [0.5, 0.6) is 0 Å². The molecule has 1 aromatic heterocycles. The van der Waals surface area contributed by atoms with E-state index in [0.717, 1.165) is 31.2 Å². The molecule has 1 aliphatic heterocycles. The third kappa shape index (κ3) is 2.84. The number of nitrogens with zero attached hydrogens (tertiary/aromatic N) is 1. The lowest BCUT2D eigenvalue weighted by molar-refractivity contribution is -0.130. The molecule has 0 spiro atoms. The number of pyridine rings is 1. The monoisotopic (exact) mass is 336 g/mol. The minimum atomic E-state index is -0.0285. The molecule has 132 valence electrons. The Morgan fingerprint density at radius 2 is 2.00 bits per heavy atom. The van der Waals surface area contributed by atoms with Crippen molar-refractivity contribution >= 4 is 22.4 Å². The quantitative estimate of drug-likeness (QED) is 0.840. The second kappa shape index (κ2) is 6.12. The number of fused-ring (bicyclic) bond motifs is 3. The first-order valence-corrected chi connectivity index (χ1v) is 9.62. The molecular formula is C22H28N2O. The van der Waals surface area contributed by atoms with Crippen molar-refractivity contribution in [3.63, 3.8) is 0 Å². The molecule has 0 radical (unpaired) electrons. The number of aromatic nitrogens is 1. The molecule has 2 aromatic rings. The van der Waals surface area contributed by atoms with Crippen LogP contribution in [0, 0.1) is 17.3 Å². The number of aryl methyl sites for hydroxylation is 1. The van der Waals surface area contributed by atoms with Crippen LogP contribution in [0.1, 0.15) is 52.0 Å². The van der Waals surface area contributed by atoms with Crippen LogP contribution in [0.4, 0.5) is 5.69 Å². The molecule has 1 fully saturated rings. The van der Waals surface area contributed by atoms with Crippen molar-refractivity contribution in [1.82, 2.24) is 4.98 Å². The van der Waals surface area contributed by atoms with Gasteiger partial charge in [-0.15, -0.1) is 0 Å². The highest BCUT2D eigenvalue weighted by atomic mass is 16.1. The van der Waals surface area contributed by atoms with Crippen LogP contribution >= 0.6 is 0 Å². The number of hydrogen-bond acceptors (Lipinski definition) is 3. The third-order valence-corrected chi connectivity index (χ3v) is 6.57. The van der Waals surface area contributed by atoms with Gasteiger partial charge in [0.05, 0.1) is 5.52 Å². The first-order chi connectivity index (χ1) is 12.0. The van der Waals surface area contributed by atoms with Crippen LogP contribution in [0.15, 0.2) is 30.5 Å². The molecule has 3 heteroatoms. The Labute approximate surface area is 150 Å². The number of carbonyl (C=O) groups is 1. The zero-order valence-electron chi connectivity index (χ0n) is 15.5. The number of ketones is 1. The topological polar surface area (TPSA) is 42.0 Å². The highest BCUT2D eigenvalue weighted by Gasteiger charge is 2.44. The molecule has 4 rings (SSSR count). The van der Waals surface area contributed by atoms with Gasteiger partial charge in [-0.25, -0.2) is 0 Å². The van der Waals surface area contributed by atoms with E-state index >= 15 is 0 Å². The zero-order chi connectivity index (χ0) is 17.6. The van der Waals surface area contributed by atoms with Crippen molar-refractivity contribution in [1.29, 1.82) is 0 Å². The van der Waals surface area contributed by atoms with Gasteiger partial charge in [0.2, 0.25) is 0 Å². The van der Waals surface area contributed by atoms with E-state index in [9.17, 15) is 4.79 Å². The normalized spacial score (nSPS) is 27.0. The molecule has 3 nitrogen and oxygen atoms in total. The van der Waals surface area contributed by atoms with E-state index in [2.05, 4.69) is 49.3 Å². The van der Waals surface area contributed by atoms with Crippen LogP contribution in [0.2, 0.25) is 0 Å². The Kier molecular flexibility index (Phi) is 4.05. The van der Waals surface area contributed by atoms with Crippen molar-refractivity contribution in [2.75, 3.05) is 5.32 Å². The maximum Gasteiger partial charge on any atom is 0.136 e. The molecule has 2 unspecified atom stereocenters. The van der Waals surface area contributed by atoms with Gasteiger partial charge in [0, 0.05) is 35.7 Å². The second-order valence-electron chi connectivity index (χ2n) is 8.63. The maximum atomic E-state index is 12.7. The van der Waals surface area contributed by atoms with E-state index in [1.165, 1.54) is 23.1 Å². The average Bonchev–Trinajstić information content (AvgIpc) is 2.60. The summed E-state index contributed by atoms with van der Waals surface area (Å²) in [6, 6.07) is 8.80. The largest absolute Gasteiger partial charge is 0.381 e. The lowest BCUT2D eigenvalue weighted by Crippen LogP contribution is -2.47. The summed E-state index contributed by atoms with van der Waals surface area (Å²) in [5, 5.41) is 5.02. The third-order valence-electron chi connectivity index (χ3n) is 6.57. The smallest absolute Gasteiger partial charge is 0.136 e. The minimum Gasteiger partial charge on any atom is -0.381 e. The number of nitrogens with one attached hydrogen (secondary N) is 1. The fourth-order valence-corrected chi connectivity index (χ4v) is 4.91. The summed E-state index contributed by atoms with van der Waals surface area (Å²) in [5.41, 5.74) is 3.61. The van der Waals surface area contributed by atoms with Gasteiger partial charge in [-0.3, -0.25) is 9.78 Å². The minimum absolute atomic E-state index is 0.0285. The Morgan fingerprint density at radius 1 is 1.16 bits per heavy atom. The van der Waals surface area contributed by atoms with E-state index in [-0.39, 0.29) is 11.3 Å². The van der Waals surface area contributed by atoms with Crippen molar-refractivity contribution in [3.8, 4) is 0 Å². The molecule has 25 heavy (non-hydrogen) atoms. The molecule has 3 atom stereocenters. The highest BCUT2D eigenvalue weighted by molar-refractivity contribution is 5.93. The van der Waals surface area contributed by atoms with Gasteiger partial charge in [-0.05, 0) is 60.8 Å². The molecule has 1 aliphatic carbocycles. The van der Waals surface area contributed by atoms with Crippen LogP contribution < -0.4 is 5.32 Å². The molecule has 0 amide bonds. The van der Waals surface area contributed by atoms with Gasteiger partial charge in [0.15, 0.2) is 0 Å². The number of rotatable bonds is 2. The van der Waals surface area contributed by atoms with Crippen LogP contribution in [-0.4, -0.2) is 16.8 Å². The summed E-state index contributed by atoms with van der Waals surface area (Å²) >= 11 is 0. The summed E-state index contributed by atoms with van der Waals surface area (Å²) in [4.78, 5) is 17.2. The van der Waals surface area contributed by atoms with Crippen molar-refractivity contribution in [3.05, 3.63) is 36.0 Å². The molecule has 0 bridgehead atoms. The summed E-state index contributed by atoms with van der Waals surface area (Å²) in [6.45, 7) is 6.78. The fourth-order valence-electron chi connectivity index (χ4n) is 4.91. The number of Topliss-reactive ketones (excluding diaryl/α,β-unsaturated/α-hetero) is 1. The summed E-state index contributed by atoms with van der Waals surface area (Å²) < 4.78 is 0. The Morgan fingerprint density at radius 3 is 2.80 bits per heavy atom. The number of carbonyl (C=O) groups excluding carboxylic acids is 1. The maximum absolute atomic E-state index is 12.7. The van der Waals surface area contributed by atoms with Gasteiger partial charge < -0.3 is 5.32 Å². The molecule has 1 aromatic carbocycles. The molecule has 1 N–H and O–H groups in total. The lowest BCUT2D eigenvalue weighted by atomic mass is 9.63. The average molecular weight is 336 g/mol. The number of hydrogen-bond donors (Lipinski definition) is 1. The van der Waals surface area contributed by atoms with Gasteiger partial charge in [0.25, 0.3) is 0 Å². The van der Waals surface area contributed by atoms with E-state index in [1.54, 1.807) is 0 Å². The standard InChI is InChI=1S/C22H28N2O/c1-14-6-9-17(19(25)13-14)22(2,3)20-11-8-15-7-10-18-16(21(15)24-20)5-4-12-23-18/h4-5,7,10,12,14,17,20,24H,6,8-9,11,13H2,1-3H3/t14-,17?,20?/m1/s1. The molecular weight excluding hydrogens is 308 g/mol. The van der Waals surface area contributed by atoms with E-state index in [4.69, 9.17) is 0 Å². The van der Waals surface area contributed by atoms with Crippen molar-refractivity contribution in [2.45, 2.75) is 58.9 Å². The number of benzene rings is 1. The van der Waals surface area contributed by atoms with E-state index < -0.39 is 0 Å². The lowest BCUT2D eigenvalue weighted by Gasteiger charge is -2.45. The van der Waals surface area contributed by atoms with Crippen molar-refractivity contribution < 1.29 is 4.79 Å². The second-order valence-corrected chi connectivity index (χ2v) is 8.63. The zero-order valence-corrected chi connectivity index (χ0v) is 15.5. The van der Waals surface area contributed by atoms with Crippen molar-refractivity contribution in [2.24, 2.45) is 17.3 Å². The molecule has 1 saturated carbocycles. The van der Waals surface area contributed by atoms with Crippen LogP contribution in [0.3, 0.4) is 0 Å². The predicted octanol–water partition coefficient (Wildman–Crippen LogP) is 4.99. The fraction of sp³-hybridized carbons (Fsp3) is 0.545. The Balaban J connectivity index is 1.65. The molecule has 0 saturated heterocycles. The predicted molar refractivity (Wildman–Crippen MR) is 103 cm³/mol. The number of anilines is 1. The summed E-state index contributed by atoms with van der Waals surface area (Å²) in [5.74, 6) is 1.20. The van der Waals surface area contributed by atoms with Gasteiger partial charge in [0.1, 0.15) is 5.78 Å². The first kappa shape index (κ1) is 16.6. The van der Waals surface area contributed by atoms with E-state index in [1.807, 2.05) is 12.3 Å². The summed E-state index contributed by atoms with van der Waals surface area (Å²) in [7, 11) is 0. The van der Waals surface area contributed by atoms with E-state index in [0.29, 0.717) is 17.7 Å². The highest BCUT2D eigenvalue weighted by Crippen LogP contribution is 2.45. The van der Waals surface area contributed by atoms with Gasteiger partial charge in [-0.1, -0.05) is 26.8 Å². The van der Waals surface area contributed by atoms with Gasteiger partial charge in [-0.2, -0.15) is 0 Å².